The number of methoxy groups -OCH3 is 1. The number of amides is 1. The van der Waals surface area contributed by atoms with E-state index in [-0.39, 0.29) is 29.9 Å². The predicted molar refractivity (Wildman–Crippen MR) is 175 cm³/mol. The molecule has 0 radical (unpaired) electrons. The molecule has 4 aromatic rings. The Kier molecular flexibility index (Phi) is 14.3. The minimum absolute atomic E-state index is 0.0352. The van der Waals surface area contributed by atoms with Crippen molar-refractivity contribution in [2.24, 2.45) is 5.14 Å². The number of alkyl halides is 1. The van der Waals surface area contributed by atoms with Crippen molar-refractivity contribution in [1.29, 1.82) is 0 Å². The van der Waals surface area contributed by atoms with E-state index < -0.39 is 34.6 Å². The highest BCUT2D eigenvalue weighted by molar-refractivity contribution is 7.98. The summed E-state index contributed by atoms with van der Waals surface area (Å²) in [7, 11) is -2.66. The van der Waals surface area contributed by atoms with Crippen molar-refractivity contribution < 1.29 is 46.1 Å². The number of nitrogens with one attached hydrogen (secondary N) is 1. The van der Waals surface area contributed by atoms with Crippen molar-refractivity contribution in [1.82, 2.24) is 25.3 Å². The molecule has 3 N–H and O–H groups in total. The third-order valence-corrected chi connectivity index (χ3v) is 9.67. The summed E-state index contributed by atoms with van der Waals surface area (Å²) in [5.41, 5.74) is 1.88. The number of carbonyl (C=O) groups is 2. The van der Waals surface area contributed by atoms with Crippen LogP contribution in [0.4, 0.5) is 4.39 Å². The van der Waals surface area contributed by atoms with E-state index in [1.165, 1.54) is 29.8 Å². The number of hydrogen-bond donors (Lipinski definition) is 2. The largest absolute Gasteiger partial charge is 0.491 e. The smallest absolute Gasteiger partial charge is 0.329 e. The molecule has 1 unspecified atom stereocenters. The second-order valence-electron chi connectivity index (χ2n) is 9.92. The van der Waals surface area contributed by atoms with Gasteiger partial charge in [0.25, 0.3) is 10.0 Å². The van der Waals surface area contributed by atoms with Gasteiger partial charge in [-0.15, -0.1) is 16.4 Å². The third-order valence-electron chi connectivity index (χ3n) is 6.22. The van der Waals surface area contributed by atoms with Crippen molar-refractivity contribution >= 4 is 55.2 Å². The number of hydrogen-bond acceptors (Lipinski definition) is 14. The Hall–Kier alpha value is -3.88. The molecule has 48 heavy (non-hydrogen) atoms. The number of thiazole rings is 1. The van der Waals surface area contributed by atoms with Gasteiger partial charge in [0.05, 0.1) is 50.0 Å². The van der Waals surface area contributed by atoms with Gasteiger partial charge in [-0.05, 0) is 35.9 Å². The van der Waals surface area contributed by atoms with Gasteiger partial charge in [0.1, 0.15) is 49.7 Å². The van der Waals surface area contributed by atoms with E-state index in [2.05, 4.69) is 20.6 Å². The van der Waals surface area contributed by atoms with Crippen molar-refractivity contribution in [3.8, 4) is 11.5 Å². The molecule has 1 atom stereocenters. The number of rotatable bonds is 21. The van der Waals surface area contributed by atoms with Crippen LogP contribution in [-0.4, -0.2) is 98.9 Å². The maximum absolute atomic E-state index is 12.8. The van der Waals surface area contributed by atoms with Crippen LogP contribution in [0.25, 0.3) is 10.2 Å². The topological polar surface area (TPSA) is 196 Å². The maximum atomic E-state index is 12.8. The van der Waals surface area contributed by atoms with Gasteiger partial charge >= 0.3 is 5.97 Å². The first-order valence-corrected chi connectivity index (χ1v) is 18.0. The molecule has 0 aliphatic heterocycles. The number of fused-ring (bicyclic) bond motifs is 1. The molecule has 260 valence electrons. The van der Waals surface area contributed by atoms with Crippen LogP contribution >= 0.6 is 23.1 Å². The number of halogens is 1. The van der Waals surface area contributed by atoms with Crippen LogP contribution < -0.4 is 19.9 Å². The lowest BCUT2D eigenvalue weighted by Crippen LogP contribution is -2.44. The zero-order valence-electron chi connectivity index (χ0n) is 25.9. The average molecular weight is 727 g/mol. The second-order valence-corrected chi connectivity index (χ2v) is 13.7. The standard InChI is InChI=1S/C29H35FN6O9S3/c1-41-28(38)25(19-46-18-20-3-2-4-22(13-20)44-12-11-43-10-9-42-8-7-30)32-27(37)16-36-15-21(34-35-36)17-45-23-5-6-24-26(14-23)47-29(33-24)48(31,39)40/h2-6,13-15,25H,7-12,16-19H2,1H3,(H,32,37)(H2,31,39,40). The van der Waals surface area contributed by atoms with E-state index in [0.717, 1.165) is 16.9 Å². The average Bonchev–Trinajstić information content (AvgIpc) is 3.71. The van der Waals surface area contributed by atoms with Crippen LogP contribution in [0.3, 0.4) is 0 Å². The number of aromatic nitrogens is 4. The highest BCUT2D eigenvalue weighted by Crippen LogP contribution is 2.28. The molecule has 0 aliphatic rings. The fourth-order valence-corrected chi connectivity index (χ4v) is 6.72. The number of benzene rings is 2. The first-order chi connectivity index (χ1) is 23.1. The number of thioether (sulfide) groups is 1. The SMILES string of the molecule is COC(=O)C(CSCc1cccc(OCCOCCOCCF)c1)NC(=O)Cn1cc(COc2ccc3nc(S(N)(=O)=O)sc3c2)nn1. The molecule has 2 aromatic heterocycles. The summed E-state index contributed by atoms with van der Waals surface area (Å²) in [5.74, 6) is 0.901. The fourth-order valence-electron chi connectivity index (χ4n) is 4.05. The molecule has 15 nitrogen and oxygen atoms in total. The monoisotopic (exact) mass is 726 g/mol. The van der Waals surface area contributed by atoms with Crippen molar-refractivity contribution in [3.05, 3.63) is 59.9 Å². The van der Waals surface area contributed by atoms with Gasteiger partial charge in [-0.1, -0.05) is 17.3 Å². The Labute approximate surface area is 284 Å². The van der Waals surface area contributed by atoms with Gasteiger partial charge in [-0.2, -0.15) is 11.8 Å². The number of nitrogens with zero attached hydrogens (tertiary/aromatic N) is 4. The molecule has 19 heteroatoms. The highest BCUT2D eigenvalue weighted by Gasteiger charge is 2.22. The third kappa shape index (κ3) is 12.0. The zero-order chi connectivity index (χ0) is 34.4. The van der Waals surface area contributed by atoms with E-state index >= 15 is 0 Å². The lowest BCUT2D eigenvalue weighted by Gasteiger charge is -2.16. The summed E-state index contributed by atoms with van der Waals surface area (Å²) in [6.07, 6.45) is 1.54. The minimum Gasteiger partial charge on any atom is -0.491 e. The zero-order valence-corrected chi connectivity index (χ0v) is 28.4. The Morgan fingerprint density at radius 1 is 1.06 bits per heavy atom. The van der Waals surface area contributed by atoms with Gasteiger partial charge in [0.15, 0.2) is 0 Å². The van der Waals surface area contributed by atoms with E-state index in [1.807, 2.05) is 24.3 Å². The number of nitrogens with two attached hydrogens (primary N) is 1. The maximum Gasteiger partial charge on any atom is 0.329 e. The van der Waals surface area contributed by atoms with Gasteiger partial charge in [0, 0.05) is 11.5 Å². The lowest BCUT2D eigenvalue weighted by molar-refractivity contribution is -0.144. The molecule has 2 heterocycles. The van der Waals surface area contributed by atoms with Crippen LogP contribution in [0.5, 0.6) is 11.5 Å². The number of sulfonamides is 1. The molecule has 0 spiro atoms. The van der Waals surface area contributed by atoms with Crippen molar-refractivity contribution in [2.75, 3.05) is 52.6 Å². The number of carbonyl (C=O) groups excluding carboxylic acids is 2. The highest BCUT2D eigenvalue weighted by atomic mass is 32.2. The molecule has 0 saturated heterocycles. The quantitative estimate of drug-likeness (QED) is 0.0937. The Balaban J connectivity index is 1.20. The van der Waals surface area contributed by atoms with Gasteiger partial charge in [-0.3, -0.25) is 4.79 Å². The fraction of sp³-hybridized carbons (Fsp3) is 0.414. The molecule has 0 aliphatic carbocycles. The van der Waals surface area contributed by atoms with E-state index in [1.54, 1.807) is 18.2 Å². The summed E-state index contributed by atoms with van der Waals surface area (Å²) < 4.78 is 63.6. The normalized spacial score (nSPS) is 12.1. The Morgan fingerprint density at radius 2 is 1.83 bits per heavy atom. The van der Waals surface area contributed by atoms with Gasteiger partial charge in [0.2, 0.25) is 10.2 Å². The molecule has 0 bridgehead atoms. The number of primary sulfonamides is 1. The second kappa shape index (κ2) is 18.6. The molecule has 0 saturated carbocycles. The van der Waals surface area contributed by atoms with Crippen LogP contribution in [0.1, 0.15) is 11.3 Å². The molecular formula is C29H35FN6O9S3. The summed E-state index contributed by atoms with van der Waals surface area (Å²) in [6.45, 7) is 0.765. The van der Waals surface area contributed by atoms with Gasteiger partial charge < -0.3 is 29.0 Å². The van der Waals surface area contributed by atoms with Crippen LogP contribution in [0, 0.1) is 0 Å². The van der Waals surface area contributed by atoms with Crippen LogP contribution in [0.2, 0.25) is 0 Å². The summed E-state index contributed by atoms with van der Waals surface area (Å²) in [5, 5.41) is 15.8. The molecule has 0 fully saturated rings. The van der Waals surface area contributed by atoms with Crippen LogP contribution in [-0.2, 0) is 52.7 Å². The predicted octanol–water partition coefficient (Wildman–Crippen LogP) is 2.09. The number of esters is 1. The first-order valence-electron chi connectivity index (χ1n) is 14.5. The van der Waals surface area contributed by atoms with Gasteiger partial charge in [-0.25, -0.2) is 32.4 Å². The van der Waals surface area contributed by atoms with E-state index in [9.17, 15) is 22.4 Å². The molecule has 4 rings (SSSR count). The minimum atomic E-state index is -3.91. The number of ether oxygens (including phenoxy) is 5. The molecule has 1 amide bonds. The van der Waals surface area contributed by atoms with Crippen molar-refractivity contribution in [3.63, 3.8) is 0 Å². The summed E-state index contributed by atoms with van der Waals surface area (Å²) >= 11 is 2.38. The molecule has 2 aromatic carbocycles. The van der Waals surface area contributed by atoms with Crippen LogP contribution in [0.15, 0.2) is 53.0 Å². The van der Waals surface area contributed by atoms with Crippen molar-refractivity contribution in [2.45, 2.75) is 29.3 Å². The lowest BCUT2D eigenvalue weighted by atomic mass is 10.2. The Morgan fingerprint density at radius 3 is 2.60 bits per heavy atom. The summed E-state index contributed by atoms with van der Waals surface area (Å²) in [6, 6.07) is 11.5. The van der Waals surface area contributed by atoms with E-state index in [0.29, 0.717) is 59.6 Å². The Bertz CT molecular complexity index is 1750. The first kappa shape index (κ1) is 36.9. The molecular weight excluding hydrogens is 692 g/mol. The van der Waals surface area contributed by atoms with E-state index in [4.69, 9.17) is 28.8 Å². The summed E-state index contributed by atoms with van der Waals surface area (Å²) in [4.78, 5) is 29.2.